The van der Waals surface area contributed by atoms with Crippen molar-refractivity contribution in [2.45, 2.75) is 83.1 Å². The van der Waals surface area contributed by atoms with Crippen molar-refractivity contribution in [1.82, 2.24) is 9.97 Å². The van der Waals surface area contributed by atoms with Crippen LogP contribution in [0.25, 0.3) is 0 Å². The molecule has 0 amide bonds. The first-order valence-electron chi connectivity index (χ1n) is 12.2. The Morgan fingerprint density at radius 3 is 1.30 bits per heavy atom. The minimum atomic E-state index is 0.194. The second kappa shape index (κ2) is 13.2. The van der Waals surface area contributed by atoms with Gasteiger partial charge in [0.2, 0.25) is 0 Å². The zero-order valence-corrected chi connectivity index (χ0v) is 26.7. The summed E-state index contributed by atoms with van der Waals surface area (Å²) in [5.41, 5.74) is 17.3. The molecule has 0 radical (unpaired) electrons. The molecule has 3 aromatic rings. The average molecular weight is 581 g/mol. The second-order valence-corrected chi connectivity index (χ2v) is 11.5. The van der Waals surface area contributed by atoms with Crippen molar-refractivity contribution in [3.05, 3.63) is 79.4 Å². The van der Waals surface area contributed by atoms with Gasteiger partial charge < -0.3 is 0 Å². The van der Waals surface area contributed by atoms with Gasteiger partial charge in [0.15, 0.2) is 5.82 Å². The molecule has 0 unspecified atom stereocenters. The summed E-state index contributed by atoms with van der Waals surface area (Å²) in [6, 6.07) is 1.92. The number of hydrogen-bond acceptors (Lipinski definition) is 4. The molecule has 7 heteroatoms. The van der Waals surface area contributed by atoms with Crippen LogP contribution >= 0.6 is 20.2 Å². The summed E-state index contributed by atoms with van der Waals surface area (Å²) < 4.78 is 0. The van der Waals surface area contributed by atoms with E-state index in [9.17, 15) is 0 Å². The molecule has 0 fully saturated rings. The first kappa shape index (κ1) is 31.2. The van der Waals surface area contributed by atoms with E-state index in [4.69, 9.17) is 35.2 Å². The molecular formula is C30H38Cl2FeN4. The molecule has 0 bridgehead atoms. The van der Waals surface area contributed by atoms with Crippen LogP contribution in [0.1, 0.15) is 81.0 Å². The van der Waals surface area contributed by atoms with E-state index in [1.165, 1.54) is 55.6 Å². The summed E-state index contributed by atoms with van der Waals surface area (Å²) >= 11 is 0.194. The molecule has 0 spiro atoms. The van der Waals surface area contributed by atoms with Crippen molar-refractivity contribution in [2.75, 3.05) is 0 Å². The van der Waals surface area contributed by atoms with Crippen LogP contribution in [0.3, 0.4) is 0 Å². The molecule has 200 valence electrons. The fourth-order valence-corrected chi connectivity index (χ4v) is 4.47. The zero-order valence-electron chi connectivity index (χ0n) is 24.1. The van der Waals surface area contributed by atoms with E-state index in [0.29, 0.717) is 5.82 Å². The van der Waals surface area contributed by atoms with Gasteiger partial charge in [-0.1, -0.05) is 0 Å². The molecule has 1 aromatic heterocycles. The van der Waals surface area contributed by atoms with Crippen LogP contribution in [0.2, 0.25) is 0 Å². The molecular weight excluding hydrogens is 543 g/mol. The van der Waals surface area contributed by atoms with Crippen molar-refractivity contribution in [3.8, 4) is 0 Å². The molecule has 0 N–H and O–H groups in total. The summed E-state index contributed by atoms with van der Waals surface area (Å²) in [7, 11) is 9.53. The van der Waals surface area contributed by atoms with Crippen LogP contribution in [0.15, 0.2) is 22.2 Å². The Morgan fingerprint density at radius 2 is 0.919 bits per heavy atom. The van der Waals surface area contributed by atoms with Gasteiger partial charge in [-0.05, 0) is 145 Å². The Morgan fingerprint density at radius 1 is 0.595 bits per heavy atom. The molecule has 37 heavy (non-hydrogen) atoms. The van der Waals surface area contributed by atoms with Crippen molar-refractivity contribution >= 4 is 43.0 Å². The maximum absolute atomic E-state index is 5.02. The molecule has 3 rings (SSSR count). The van der Waals surface area contributed by atoms with Gasteiger partial charge in [0.1, 0.15) is 0 Å². The number of hydrogen-bond donors (Lipinski definition) is 0. The number of aromatic nitrogens is 2. The van der Waals surface area contributed by atoms with Gasteiger partial charge in [0, 0.05) is 6.20 Å². The van der Waals surface area contributed by atoms with Gasteiger partial charge in [0.25, 0.3) is 0 Å². The summed E-state index contributed by atoms with van der Waals surface area (Å²) in [5, 5.41) is 0. The number of benzene rings is 2. The van der Waals surface area contributed by atoms with Crippen LogP contribution in [0, 0.1) is 69.2 Å². The van der Waals surface area contributed by atoms with Crippen molar-refractivity contribution in [3.63, 3.8) is 0 Å². The third-order valence-corrected chi connectivity index (χ3v) is 7.83. The quantitative estimate of drug-likeness (QED) is 0.228. The van der Waals surface area contributed by atoms with E-state index >= 15 is 0 Å². The SMILES string of the molecule is CC(=Nc1c(C)c(C)c(C)c(C)c1C)c1ccnc(C(C)=Nc2c(C)c(C)c(C)c(C)c2C)n1.[Cl][Fe][Cl]. The van der Waals surface area contributed by atoms with Gasteiger partial charge in [0.05, 0.1) is 28.5 Å². The van der Waals surface area contributed by atoms with Crippen LogP contribution < -0.4 is 0 Å². The zero-order chi connectivity index (χ0) is 28.2. The van der Waals surface area contributed by atoms with Gasteiger partial charge in [-0.2, -0.15) is 0 Å². The normalized spacial score (nSPS) is 12.1. The molecule has 0 atom stereocenters. The minimum absolute atomic E-state index is 0.194. The van der Waals surface area contributed by atoms with Crippen LogP contribution in [-0.4, -0.2) is 21.4 Å². The number of aliphatic imine (C=N–C) groups is 2. The Hall–Kier alpha value is -2.04. The Kier molecular flexibility index (Phi) is 11.1. The van der Waals surface area contributed by atoms with E-state index in [0.717, 1.165) is 28.5 Å². The Balaban J connectivity index is 0.00000153. The monoisotopic (exact) mass is 580 g/mol. The fourth-order valence-electron chi connectivity index (χ4n) is 4.47. The van der Waals surface area contributed by atoms with Crippen molar-refractivity contribution in [1.29, 1.82) is 0 Å². The van der Waals surface area contributed by atoms with Gasteiger partial charge in [-0.25, -0.2) is 15.0 Å². The number of rotatable bonds is 4. The van der Waals surface area contributed by atoms with E-state index in [1.54, 1.807) is 6.20 Å². The fraction of sp³-hybridized carbons (Fsp3) is 0.400. The van der Waals surface area contributed by atoms with E-state index in [2.05, 4.69) is 74.2 Å². The second-order valence-electron chi connectivity index (χ2n) is 9.66. The summed E-state index contributed by atoms with van der Waals surface area (Å²) in [5.74, 6) is 0.631. The molecule has 4 nitrogen and oxygen atoms in total. The molecule has 2 aromatic carbocycles. The topological polar surface area (TPSA) is 50.5 Å². The van der Waals surface area contributed by atoms with E-state index in [-0.39, 0.29) is 13.1 Å². The molecule has 0 saturated heterocycles. The summed E-state index contributed by atoms with van der Waals surface area (Å²) in [6.07, 6.45) is 1.80. The Bertz CT molecular complexity index is 1230. The molecule has 0 aliphatic carbocycles. The third kappa shape index (κ3) is 6.70. The number of nitrogens with zero attached hydrogens (tertiary/aromatic N) is 4. The van der Waals surface area contributed by atoms with Gasteiger partial charge in [-0.3, -0.25) is 4.99 Å². The first-order valence-corrected chi connectivity index (χ1v) is 15.3. The maximum atomic E-state index is 5.02. The van der Waals surface area contributed by atoms with E-state index < -0.39 is 0 Å². The molecule has 0 saturated carbocycles. The third-order valence-electron chi connectivity index (χ3n) is 7.83. The van der Waals surface area contributed by atoms with Gasteiger partial charge >= 0.3 is 33.3 Å². The average Bonchev–Trinajstić information content (AvgIpc) is 2.89. The standard InChI is InChI=1S/C30H38N4.2ClH.Fe/c1-15-17(3)21(7)28(22(8)18(15)4)32-25(11)27-13-14-31-30(34-27)26(12)33-29-23(9)19(5)16(2)20(6)24(29)10;;;/h13-14H,1-12H3;2*1H;/q;;;+2/p-2. The summed E-state index contributed by atoms with van der Waals surface area (Å²) in [6.45, 7) is 25.6. The first-order chi connectivity index (χ1) is 17.3. The van der Waals surface area contributed by atoms with E-state index in [1.807, 2.05) is 19.9 Å². The predicted molar refractivity (Wildman–Crippen MR) is 158 cm³/mol. The van der Waals surface area contributed by atoms with Gasteiger partial charge in [-0.15, -0.1) is 0 Å². The predicted octanol–water partition coefficient (Wildman–Crippen LogP) is 9.22. The van der Waals surface area contributed by atoms with Crippen molar-refractivity contribution < 1.29 is 13.1 Å². The Labute approximate surface area is 237 Å². The summed E-state index contributed by atoms with van der Waals surface area (Å²) in [4.78, 5) is 19.4. The molecule has 0 aliphatic heterocycles. The van der Waals surface area contributed by atoms with Crippen LogP contribution in [-0.2, 0) is 13.1 Å². The van der Waals surface area contributed by atoms with Crippen LogP contribution in [0.5, 0.6) is 0 Å². The molecule has 1 heterocycles. The van der Waals surface area contributed by atoms with Crippen molar-refractivity contribution in [2.24, 2.45) is 9.98 Å². The number of halogens is 2. The molecule has 0 aliphatic rings. The van der Waals surface area contributed by atoms with Crippen LogP contribution in [0.4, 0.5) is 11.4 Å².